The number of ether oxygens (including phenoxy) is 2. The zero-order valence-electron chi connectivity index (χ0n) is 13.8. The van der Waals surface area contributed by atoms with Gasteiger partial charge in [-0.05, 0) is 45.7 Å². The molecule has 120 valence electrons. The lowest BCUT2D eigenvalue weighted by Gasteiger charge is -2.27. The Balaban J connectivity index is 2.86. The molecule has 1 rings (SSSR count). The van der Waals surface area contributed by atoms with Crippen LogP contribution in [0.4, 0.5) is 4.39 Å². The zero-order chi connectivity index (χ0) is 15.9. The highest BCUT2D eigenvalue weighted by atomic mass is 19.1. The quantitative estimate of drug-likeness (QED) is 0.745. The van der Waals surface area contributed by atoms with Gasteiger partial charge < -0.3 is 14.8 Å². The van der Waals surface area contributed by atoms with E-state index in [4.69, 9.17) is 9.47 Å². The van der Waals surface area contributed by atoms with E-state index in [2.05, 4.69) is 12.2 Å². The number of methoxy groups -OCH3 is 2. The number of benzene rings is 1. The molecular weight excluding hydrogens is 269 g/mol. The summed E-state index contributed by atoms with van der Waals surface area (Å²) in [4.78, 5) is 0. The van der Waals surface area contributed by atoms with Crippen LogP contribution in [0.25, 0.3) is 0 Å². The Morgan fingerprint density at radius 3 is 2.52 bits per heavy atom. The summed E-state index contributed by atoms with van der Waals surface area (Å²) < 4.78 is 24.8. The molecule has 0 saturated carbocycles. The molecule has 1 unspecified atom stereocenters. The van der Waals surface area contributed by atoms with Crippen molar-refractivity contribution in [2.24, 2.45) is 0 Å². The molecule has 0 spiro atoms. The summed E-state index contributed by atoms with van der Waals surface area (Å²) in [7, 11) is 3.25. The van der Waals surface area contributed by atoms with Crippen LogP contribution in [0, 0.1) is 5.82 Å². The van der Waals surface area contributed by atoms with Crippen LogP contribution >= 0.6 is 0 Å². The standard InChI is InChI=1S/C17H28FNO2/c1-6-11-19-16(9-10-17(2,3)21-5)14-8-7-13(20-4)12-15(14)18/h7-8,12,16,19H,6,9-11H2,1-5H3. The highest BCUT2D eigenvalue weighted by Crippen LogP contribution is 2.28. The molecule has 4 heteroatoms. The molecule has 0 amide bonds. The van der Waals surface area contributed by atoms with E-state index in [9.17, 15) is 4.39 Å². The number of hydrogen-bond donors (Lipinski definition) is 1. The molecule has 1 N–H and O–H groups in total. The third kappa shape index (κ3) is 5.64. The van der Waals surface area contributed by atoms with E-state index in [0.717, 1.165) is 25.8 Å². The zero-order valence-corrected chi connectivity index (χ0v) is 13.8. The maximum atomic E-state index is 14.3. The van der Waals surface area contributed by atoms with Crippen molar-refractivity contribution in [3.8, 4) is 5.75 Å². The predicted octanol–water partition coefficient (Wildman–Crippen LogP) is 4.08. The first-order chi connectivity index (χ1) is 9.93. The molecule has 0 radical (unpaired) electrons. The van der Waals surface area contributed by atoms with Crippen LogP contribution in [0.2, 0.25) is 0 Å². The third-order valence-electron chi connectivity index (χ3n) is 3.81. The van der Waals surface area contributed by atoms with Gasteiger partial charge in [-0.2, -0.15) is 0 Å². The second-order valence-corrected chi connectivity index (χ2v) is 5.90. The van der Waals surface area contributed by atoms with E-state index in [1.165, 1.54) is 6.07 Å². The molecular formula is C17H28FNO2. The molecule has 0 fully saturated rings. The van der Waals surface area contributed by atoms with Crippen LogP contribution in [-0.4, -0.2) is 26.4 Å². The minimum absolute atomic E-state index is 0.00900. The minimum atomic E-state index is -0.224. The van der Waals surface area contributed by atoms with Crippen LogP contribution in [-0.2, 0) is 4.74 Å². The molecule has 0 aliphatic rings. The van der Waals surface area contributed by atoms with Gasteiger partial charge in [-0.25, -0.2) is 4.39 Å². The molecule has 3 nitrogen and oxygen atoms in total. The average molecular weight is 297 g/mol. The molecule has 0 saturated heterocycles. The summed E-state index contributed by atoms with van der Waals surface area (Å²) in [5.41, 5.74) is 0.492. The van der Waals surface area contributed by atoms with Crippen molar-refractivity contribution in [2.45, 2.75) is 51.7 Å². The Bertz CT molecular complexity index is 435. The fraction of sp³-hybridized carbons (Fsp3) is 0.647. The monoisotopic (exact) mass is 297 g/mol. The van der Waals surface area contributed by atoms with Crippen LogP contribution in [0.3, 0.4) is 0 Å². The third-order valence-corrected chi connectivity index (χ3v) is 3.81. The summed E-state index contributed by atoms with van der Waals surface area (Å²) in [5, 5.41) is 3.42. The van der Waals surface area contributed by atoms with E-state index in [1.54, 1.807) is 26.4 Å². The lowest BCUT2D eigenvalue weighted by atomic mass is 9.94. The van der Waals surface area contributed by atoms with Crippen LogP contribution in [0.1, 0.15) is 51.6 Å². The second kappa shape index (κ2) is 8.35. The number of hydrogen-bond acceptors (Lipinski definition) is 3. The topological polar surface area (TPSA) is 30.5 Å². The summed E-state index contributed by atoms with van der Waals surface area (Å²) in [6.07, 6.45) is 2.70. The van der Waals surface area contributed by atoms with Gasteiger partial charge in [0.05, 0.1) is 12.7 Å². The molecule has 0 aromatic heterocycles. The molecule has 0 aliphatic carbocycles. The highest BCUT2D eigenvalue weighted by molar-refractivity contribution is 5.30. The Hall–Kier alpha value is -1.13. The Morgan fingerprint density at radius 2 is 2.00 bits per heavy atom. The average Bonchev–Trinajstić information content (AvgIpc) is 2.48. The summed E-state index contributed by atoms with van der Waals surface area (Å²) in [6.45, 7) is 7.07. The summed E-state index contributed by atoms with van der Waals surface area (Å²) in [6, 6.07) is 5.05. The van der Waals surface area contributed by atoms with Gasteiger partial charge in [0.25, 0.3) is 0 Å². The van der Waals surface area contributed by atoms with Crippen LogP contribution in [0.5, 0.6) is 5.75 Å². The molecule has 1 atom stereocenters. The van der Waals surface area contributed by atoms with Crippen molar-refractivity contribution < 1.29 is 13.9 Å². The van der Waals surface area contributed by atoms with Crippen molar-refractivity contribution in [1.82, 2.24) is 5.32 Å². The fourth-order valence-corrected chi connectivity index (χ4v) is 2.20. The first-order valence-electron chi connectivity index (χ1n) is 7.55. The van der Waals surface area contributed by atoms with Crippen molar-refractivity contribution in [3.05, 3.63) is 29.6 Å². The molecule has 1 aromatic carbocycles. The van der Waals surface area contributed by atoms with E-state index in [0.29, 0.717) is 11.3 Å². The first-order valence-corrected chi connectivity index (χ1v) is 7.55. The van der Waals surface area contributed by atoms with Gasteiger partial charge in [0.15, 0.2) is 0 Å². The Kier molecular flexibility index (Phi) is 7.12. The molecule has 0 aliphatic heterocycles. The maximum absolute atomic E-state index is 14.3. The van der Waals surface area contributed by atoms with Gasteiger partial charge in [-0.1, -0.05) is 13.0 Å². The Morgan fingerprint density at radius 1 is 1.29 bits per heavy atom. The van der Waals surface area contributed by atoms with E-state index in [-0.39, 0.29) is 17.5 Å². The summed E-state index contributed by atoms with van der Waals surface area (Å²) in [5.74, 6) is 0.320. The normalized spacial score (nSPS) is 13.2. The first kappa shape index (κ1) is 17.9. The molecule has 0 heterocycles. The molecule has 0 bridgehead atoms. The lowest BCUT2D eigenvalue weighted by molar-refractivity contribution is 0.0116. The SMILES string of the molecule is CCCNC(CCC(C)(C)OC)c1ccc(OC)cc1F. The van der Waals surface area contributed by atoms with Gasteiger partial charge in [-0.3, -0.25) is 0 Å². The number of nitrogens with one attached hydrogen (secondary N) is 1. The van der Waals surface area contributed by atoms with Gasteiger partial charge in [0.1, 0.15) is 11.6 Å². The molecule has 21 heavy (non-hydrogen) atoms. The van der Waals surface area contributed by atoms with Gasteiger partial charge in [-0.15, -0.1) is 0 Å². The van der Waals surface area contributed by atoms with Gasteiger partial charge in [0.2, 0.25) is 0 Å². The largest absolute Gasteiger partial charge is 0.497 e. The van der Waals surface area contributed by atoms with Crippen LogP contribution < -0.4 is 10.1 Å². The van der Waals surface area contributed by atoms with Crippen molar-refractivity contribution in [2.75, 3.05) is 20.8 Å². The van der Waals surface area contributed by atoms with Crippen LogP contribution in [0.15, 0.2) is 18.2 Å². The van der Waals surface area contributed by atoms with Gasteiger partial charge >= 0.3 is 0 Å². The number of halogens is 1. The van der Waals surface area contributed by atoms with Crippen molar-refractivity contribution in [1.29, 1.82) is 0 Å². The fourth-order valence-electron chi connectivity index (χ4n) is 2.20. The predicted molar refractivity (Wildman–Crippen MR) is 84.3 cm³/mol. The van der Waals surface area contributed by atoms with E-state index >= 15 is 0 Å². The summed E-state index contributed by atoms with van der Waals surface area (Å²) >= 11 is 0. The minimum Gasteiger partial charge on any atom is -0.497 e. The van der Waals surface area contributed by atoms with Gasteiger partial charge in [0, 0.05) is 24.8 Å². The lowest BCUT2D eigenvalue weighted by Crippen LogP contribution is -2.28. The van der Waals surface area contributed by atoms with E-state index < -0.39 is 0 Å². The second-order valence-electron chi connectivity index (χ2n) is 5.90. The smallest absolute Gasteiger partial charge is 0.131 e. The highest BCUT2D eigenvalue weighted by Gasteiger charge is 2.22. The van der Waals surface area contributed by atoms with Crippen molar-refractivity contribution in [3.63, 3.8) is 0 Å². The maximum Gasteiger partial charge on any atom is 0.131 e. The van der Waals surface area contributed by atoms with E-state index in [1.807, 2.05) is 13.8 Å². The molecule has 1 aromatic rings. The van der Waals surface area contributed by atoms with Crippen molar-refractivity contribution >= 4 is 0 Å². The number of rotatable bonds is 9. The Labute approximate surface area is 127 Å².